The predicted octanol–water partition coefficient (Wildman–Crippen LogP) is 0.509. The molecule has 1 heterocycles. The quantitative estimate of drug-likeness (QED) is 0.686. The number of nitrogens with two attached hydrogens (primary N) is 1. The van der Waals surface area contributed by atoms with Crippen LogP contribution in [0.5, 0.6) is 0 Å². The van der Waals surface area contributed by atoms with Crippen LogP contribution in [0.2, 0.25) is 0 Å². The number of rotatable bonds is 1. The van der Waals surface area contributed by atoms with E-state index in [1.807, 2.05) is 17.8 Å². The number of imidazole rings is 1. The predicted molar refractivity (Wildman–Crippen MR) is 53.5 cm³/mol. The molecule has 0 saturated heterocycles. The molecule has 0 amide bonds. The second-order valence-electron chi connectivity index (χ2n) is 4.25. The molecule has 4 heteroatoms. The summed E-state index contributed by atoms with van der Waals surface area (Å²) in [6.07, 6.45) is 6.71. The van der Waals surface area contributed by atoms with Crippen LogP contribution in [0.15, 0.2) is 12.4 Å². The summed E-state index contributed by atoms with van der Waals surface area (Å²) in [6.45, 7) is 0. The highest BCUT2D eigenvalue weighted by Gasteiger charge is 2.35. The van der Waals surface area contributed by atoms with E-state index in [1.54, 1.807) is 6.20 Å². The van der Waals surface area contributed by atoms with Crippen LogP contribution in [0.1, 0.15) is 31.5 Å². The van der Waals surface area contributed by atoms with Crippen LogP contribution in [-0.4, -0.2) is 20.8 Å². The summed E-state index contributed by atoms with van der Waals surface area (Å²) in [6, 6.07) is 0. The molecule has 2 rings (SSSR count). The Kier molecular flexibility index (Phi) is 2.33. The standard InChI is InChI=1S/C10H17N3O/c1-13-7-6-12-9(13)10(11)4-2-8(14)3-5-10/h6-8,14H,2-5,11H2,1H3. The number of aromatic nitrogens is 2. The molecule has 3 N–H and O–H groups in total. The lowest BCUT2D eigenvalue weighted by molar-refractivity contribution is 0.0933. The molecule has 1 saturated carbocycles. The summed E-state index contributed by atoms with van der Waals surface area (Å²) in [4.78, 5) is 4.29. The summed E-state index contributed by atoms with van der Waals surface area (Å²) in [5.74, 6) is 0.935. The highest BCUT2D eigenvalue weighted by Crippen LogP contribution is 2.33. The lowest BCUT2D eigenvalue weighted by atomic mass is 9.80. The van der Waals surface area contributed by atoms with Gasteiger partial charge in [0, 0.05) is 19.4 Å². The molecule has 0 radical (unpaired) electrons. The Morgan fingerprint density at radius 3 is 2.71 bits per heavy atom. The fourth-order valence-electron chi connectivity index (χ4n) is 2.19. The van der Waals surface area contributed by atoms with Gasteiger partial charge in [0.2, 0.25) is 0 Å². The van der Waals surface area contributed by atoms with E-state index in [4.69, 9.17) is 5.73 Å². The molecule has 78 valence electrons. The molecular formula is C10H17N3O. The molecule has 0 spiro atoms. The maximum atomic E-state index is 9.43. The van der Waals surface area contributed by atoms with Crippen molar-refractivity contribution in [2.75, 3.05) is 0 Å². The Bertz CT molecular complexity index is 313. The van der Waals surface area contributed by atoms with E-state index in [9.17, 15) is 5.11 Å². The van der Waals surface area contributed by atoms with Crippen molar-refractivity contribution in [1.82, 2.24) is 9.55 Å². The van der Waals surface area contributed by atoms with Gasteiger partial charge in [-0.3, -0.25) is 0 Å². The molecule has 0 unspecified atom stereocenters. The highest BCUT2D eigenvalue weighted by atomic mass is 16.3. The van der Waals surface area contributed by atoms with E-state index in [2.05, 4.69) is 4.98 Å². The van der Waals surface area contributed by atoms with Crippen LogP contribution in [0, 0.1) is 0 Å². The summed E-state index contributed by atoms with van der Waals surface area (Å²) < 4.78 is 1.97. The summed E-state index contributed by atoms with van der Waals surface area (Å²) in [5, 5.41) is 9.43. The largest absolute Gasteiger partial charge is 0.393 e. The van der Waals surface area contributed by atoms with Gasteiger partial charge in [-0.25, -0.2) is 4.98 Å². The van der Waals surface area contributed by atoms with E-state index in [0.717, 1.165) is 31.5 Å². The van der Waals surface area contributed by atoms with Crippen molar-refractivity contribution in [3.8, 4) is 0 Å². The number of aryl methyl sites for hydroxylation is 1. The van der Waals surface area contributed by atoms with Gasteiger partial charge in [-0.2, -0.15) is 0 Å². The summed E-state index contributed by atoms with van der Waals surface area (Å²) in [7, 11) is 1.96. The topological polar surface area (TPSA) is 64.1 Å². The zero-order valence-corrected chi connectivity index (χ0v) is 8.48. The number of aliphatic hydroxyl groups is 1. The molecule has 14 heavy (non-hydrogen) atoms. The van der Waals surface area contributed by atoms with Gasteiger partial charge in [0.15, 0.2) is 0 Å². The summed E-state index contributed by atoms with van der Waals surface area (Å²) in [5.41, 5.74) is 5.96. The molecule has 1 aromatic heterocycles. The van der Waals surface area contributed by atoms with Gasteiger partial charge in [0.1, 0.15) is 5.82 Å². The zero-order valence-electron chi connectivity index (χ0n) is 8.48. The van der Waals surface area contributed by atoms with Gasteiger partial charge in [0.25, 0.3) is 0 Å². The Labute approximate surface area is 83.8 Å². The molecule has 1 aliphatic rings. The number of aliphatic hydroxyl groups excluding tert-OH is 1. The smallest absolute Gasteiger partial charge is 0.128 e. The third kappa shape index (κ3) is 1.55. The number of nitrogens with zero attached hydrogens (tertiary/aromatic N) is 2. The number of hydrogen-bond donors (Lipinski definition) is 2. The van der Waals surface area contributed by atoms with Crippen molar-refractivity contribution >= 4 is 0 Å². The van der Waals surface area contributed by atoms with Crippen LogP contribution in [-0.2, 0) is 12.6 Å². The second kappa shape index (κ2) is 3.37. The first-order valence-electron chi connectivity index (χ1n) is 5.06. The van der Waals surface area contributed by atoms with Gasteiger partial charge in [-0.15, -0.1) is 0 Å². The fraction of sp³-hybridized carbons (Fsp3) is 0.700. The van der Waals surface area contributed by atoms with Gasteiger partial charge in [-0.1, -0.05) is 0 Å². The molecule has 4 nitrogen and oxygen atoms in total. The van der Waals surface area contributed by atoms with Crippen LogP contribution >= 0.6 is 0 Å². The van der Waals surface area contributed by atoms with E-state index in [0.29, 0.717) is 0 Å². The van der Waals surface area contributed by atoms with Crippen LogP contribution in [0.3, 0.4) is 0 Å². The van der Waals surface area contributed by atoms with Crippen molar-refractivity contribution in [3.05, 3.63) is 18.2 Å². The lowest BCUT2D eigenvalue weighted by Crippen LogP contribution is -2.43. The normalized spacial score (nSPS) is 33.2. The number of hydrogen-bond acceptors (Lipinski definition) is 3. The molecule has 1 aliphatic carbocycles. The summed E-state index contributed by atoms with van der Waals surface area (Å²) >= 11 is 0. The molecule has 0 bridgehead atoms. The van der Waals surface area contributed by atoms with Gasteiger partial charge < -0.3 is 15.4 Å². The average Bonchev–Trinajstić information content (AvgIpc) is 2.58. The Hall–Kier alpha value is -0.870. The van der Waals surface area contributed by atoms with Gasteiger partial charge >= 0.3 is 0 Å². The van der Waals surface area contributed by atoms with Gasteiger partial charge in [0.05, 0.1) is 11.6 Å². The Balaban J connectivity index is 2.21. The van der Waals surface area contributed by atoms with Crippen molar-refractivity contribution in [2.45, 2.75) is 37.3 Å². The molecule has 0 atom stereocenters. The minimum absolute atomic E-state index is 0.174. The third-order valence-corrected chi connectivity index (χ3v) is 3.11. The SMILES string of the molecule is Cn1ccnc1C1(N)CCC(O)CC1. The van der Waals surface area contributed by atoms with Crippen LogP contribution < -0.4 is 5.73 Å². The van der Waals surface area contributed by atoms with Crippen molar-refractivity contribution < 1.29 is 5.11 Å². The average molecular weight is 195 g/mol. The van der Waals surface area contributed by atoms with E-state index < -0.39 is 0 Å². The maximum Gasteiger partial charge on any atom is 0.128 e. The monoisotopic (exact) mass is 195 g/mol. The second-order valence-corrected chi connectivity index (χ2v) is 4.25. The highest BCUT2D eigenvalue weighted by molar-refractivity contribution is 5.09. The third-order valence-electron chi connectivity index (χ3n) is 3.11. The zero-order chi connectivity index (χ0) is 10.2. The van der Waals surface area contributed by atoms with E-state index in [-0.39, 0.29) is 11.6 Å². The van der Waals surface area contributed by atoms with Crippen molar-refractivity contribution in [1.29, 1.82) is 0 Å². The first kappa shape index (κ1) is 9.68. The minimum atomic E-state index is -0.336. The van der Waals surface area contributed by atoms with Crippen molar-refractivity contribution in [3.63, 3.8) is 0 Å². The fourth-order valence-corrected chi connectivity index (χ4v) is 2.19. The molecule has 0 aromatic carbocycles. The minimum Gasteiger partial charge on any atom is -0.393 e. The van der Waals surface area contributed by atoms with Crippen LogP contribution in [0.25, 0.3) is 0 Å². The van der Waals surface area contributed by atoms with E-state index in [1.165, 1.54) is 0 Å². The Morgan fingerprint density at radius 1 is 1.57 bits per heavy atom. The molecule has 0 aliphatic heterocycles. The lowest BCUT2D eigenvalue weighted by Gasteiger charge is -2.34. The van der Waals surface area contributed by atoms with Crippen molar-refractivity contribution in [2.24, 2.45) is 12.8 Å². The molecular weight excluding hydrogens is 178 g/mol. The van der Waals surface area contributed by atoms with E-state index >= 15 is 0 Å². The molecule has 1 aromatic rings. The first-order valence-corrected chi connectivity index (χ1v) is 5.06. The Morgan fingerprint density at radius 2 is 2.21 bits per heavy atom. The first-order chi connectivity index (χ1) is 6.62. The molecule has 1 fully saturated rings. The van der Waals surface area contributed by atoms with Gasteiger partial charge in [-0.05, 0) is 25.7 Å². The van der Waals surface area contributed by atoms with Crippen LogP contribution in [0.4, 0.5) is 0 Å². The maximum absolute atomic E-state index is 9.43.